The van der Waals surface area contributed by atoms with E-state index in [4.69, 9.17) is 9.72 Å². The molecule has 0 amide bonds. The molecule has 0 saturated carbocycles. The Morgan fingerprint density at radius 1 is 0.603 bits per heavy atom. The molecule has 5 nitrogen and oxygen atoms in total. The number of hydrogen-bond donors (Lipinski definition) is 0. The molecule has 10 aromatic rings. The molecule has 0 aliphatic rings. The summed E-state index contributed by atoms with van der Waals surface area (Å²) in [6, 6.07) is 61.8. The lowest BCUT2D eigenvalue weighted by atomic mass is 9.95. The van der Waals surface area contributed by atoms with E-state index in [1.807, 2.05) is 12.3 Å². The van der Waals surface area contributed by atoms with Gasteiger partial charge in [-0.2, -0.15) is 0 Å². The van der Waals surface area contributed by atoms with E-state index >= 15 is 0 Å². The van der Waals surface area contributed by atoms with Gasteiger partial charge in [-0.05, 0) is 101 Å². The van der Waals surface area contributed by atoms with Crippen molar-refractivity contribution < 1.29 is 9.30 Å². The van der Waals surface area contributed by atoms with Crippen molar-refractivity contribution in [3.05, 3.63) is 200 Å². The Kier molecular flexibility index (Phi) is 8.91. The fourth-order valence-electron chi connectivity index (χ4n) is 8.43. The molecule has 0 atom stereocenters. The predicted molar refractivity (Wildman–Crippen MR) is 236 cm³/mol. The average molecular weight is 751 g/mol. The van der Waals surface area contributed by atoms with Crippen LogP contribution in [0.25, 0.3) is 72.3 Å². The number of benzene rings is 7. The summed E-state index contributed by atoms with van der Waals surface area (Å²) in [6.07, 6.45) is 6.75. The van der Waals surface area contributed by atoms with E-state index in [2.05, 4.69) is 211 Å². The summed E-state index contributed by atoms with van der Waals surface area (Å²) >= 11 is 0. The summed E-state index contributed by atoms with van der Waals surface area (Å²) < 4.78 is 13.4. The molecule has 58 heavy (non-hydrogen) atoms. The number of nitrogens with zero attached hydrogens (tertiary/aromatic N) is 4. The van der Waals surface area contributed by atoms with Gasteiger partial charge in [0.05, 0.1) is 33.4 Å². The van der Waals surface area contributed by atoms with Crippen molar-refractivity contribution in [3.63, 3.8) is 0 Å². The first kappa shape index (κ1) is 35.2. The van der Waals surface area contributed by atoms with Crippen LogP contribution < -0.4 is 9.30 Å². The van der Waals surface area contributed by atoms with E-state index in [1.165, 1.54) is 10.9 Å². The Morgan fingerprint density at radius 2 is 1.26 bits per heavy atom. The molecule has 0 aliphatic heterocycles. The third kappa shape index (κ3) is 6.31. The molecule has 0 bridgehead atoms. The van der Waals surface area contributed by atoms with Gasteiger partial charge < -0.3 is 4.74 Å². The molecule has 0 unspecified atom stereocenters. The van der Waals surface area contributed by atoms with Crippen LogP contribution in [-0.2, 0) is 6.42 Å². The van der Waals surface area contributed by atoms with E-state index < -0.39 is 0 Å². The van der Waals surface area contributed by atoms with Crippen LogP contribution >= 0.6 is 0 Å². The molecular formula is C53H42N4O. The van der Waals surface area contributed by atoms with Crippen molar-refractivity contribution in [2.45, 2.75) is 27.2 Å². The molecule has 7 aromatic carbocycles. The normalized spacial score (nSPS) is 11.6. The van der Waals surface area contributed by atoms with Gasteiger partial charge in [-0.25, -0.2) is 4.98 Å². The lowest BCUT2D eigenvalue weighted by Crippen LogP contribution is -2.32. The third-order valence-electron chi connectivity index (χ3n) is 10.9. The van der Waals surface area contributed by atoms with Crippen molar-refractivity contribution in [1.82, 2.24) is 14.1 Å². The molecule has 0 radical (unpaired) electrons. The van der Waals surface area contributed by atoms with Crippen molar-refractivity contribution in [2.75, 3.05) is 0 Å². The van der Waals surface area contributed by atoms with Gasteiger partial charge in [-0.1, -0.05) is 135 Å². The fourth-order valence-corrected chi connectivity index (χ4v) is 8.43. The Labute approximate surface area is 338 Å². The SMILES string of the molecule is Cc1cccc2c1[n+](-c1c(-c3ccccc3)cccc1-c1ccccc1)[c-]n2-c1cccc(Oc2ccc3c4ccccc4n(-c4cc(CC(C)C)ccn4)c3c2)c1. The number of rotatable bonds is 9. The van der Waals surface area contributed by atoms with Crippen molar-refractivity contribution in [2.24, 2.45) is 5.92 Å². The van der Waals surface area contributed by atoms with Crippen LogP contribution in [0.15, 0.2) is 182 Å². The number of pyridine rings is 1. The predicted octanol–water partition coefficient (Wildman–Crippen LogP) is 12.8. The maximum Gasteiger partial charge on any atom is 0.269 e. The summed E-state index contributed by atoms with van der Waals surface area (Å²) in [6.45, 7) is 6.68. The quantitative estimate of drug-likeness (QED) is 0.109. The Morgan fingerprint density at radius 3 is 2.02 bits per heavy atom. The molecule has 0 N–H and O–H groups in total. The van der Waals surface area contributed by atoms with Crippen LogP contribution in [0, 0.1) is 19.2 Å². The Hall–Kier alpha value is -7.24. The summed E-state index contributed by atoms with van der Waals surface area (Å²) in [5.74, 6) is 2.95. The third-order valence-corrected chi connectivity index (χ3v) is 10.9. The second-order valence-corrected chi connectivity index (χ2v) is 15.4. The van der Waals surface area contributed by atoms with Crippen LogP contribution in [0.5, 0.6) is 11.5 Å². The van der Waals surface area contributed by atoms with Crippen molar-refractivity contribution in [1.29, 1.82) is 0 Å². The van der Waals surface area contributed by atoms with E-state index in [0.717, 1.165) is 90.4 Å². The topological polar surface area (TPSA) is 35.9 Å². The van der Waals surface area contributed by atoms with Crippen LogP contribution in [0.2, 0.25) is 0 Å². The van der Waals surface area contributed by atoms with Crippen LogP contribution in [-0.4, -0.2) is 14.1 Å². The first-order valence-electron chi connectivity index (χ1n) is 20.0. The highest BCUT2D eigenvalue weighted by Crippen LogP contribution is 2.37. The van der Waals surface area contributed by atoms with Gasteiger partial charge >= 0.3 is 0 Å². The van der Waals surface area contributed by atoms with Gasteiger partial charge in [0.2, 0.25) is 0 Å². The molecule has 0 spiro atoms. The van der Waals surface area contributed by atoms with Gasteiger partial charge in [-0.3, -0.25) is 13.7 Å². The monoisotopic (exact) mass is 750 g/mol. The smallest absolute Gasteiger partial charge is 0.269 e. The first-order chi connectivity index (χ1) is 28.5. The average Bonchev–Trinajstić information content (AvgIpc) is 3.81. The molecule has 0 fully saturated rings. The number of para-hydroxylation sites is 3. The lowest BCUT2D eigenvalue weighted by Gasteiger charge is -2.17. The molecular weight excluding hydrogens is 709 g/mol. The van der Waals surface area contributed by atoms with E-state index in [1.54, 1.807) is 0 Å². The summed E-state index contributed by atoms with van der Waals surface area (Å²) in [7, 11) is 0. The highest BCUT2D eigenvalue weighted by molar-refractivity contribution is 6.09. The number of aromatic nitrogens is 4. The first-order valence-corrected chi connectivity index (χ1v) is 20.0. The molecule has 5 heteroatoms. The molecule has 0 saturated heterocycles. The van der Waals surface area contributed by atoms with Gasteiger partial charge in [0.25, 0.3) is 6.33 Å². The zero-order valence-electron chi connectivity index (χ0n) is 32.8. The van der Waals surface area contributed by atoms with Gasteiger partial charge in [0.1, 0.15) is 17.3 Å². The van der Waals surface area contributed by atoms with Crippen LogP contribution in [0.3, 0.4) is 0 Å². The van der Waals surface area contributed by atoms with Crippen molar-refractivity contribution in [3.8, 4) is 50.9 Å². The van der Waals surface area contributed by atoms with E-state index in [0.29, 0.717) is 5.92 Å². The van der Waals surface area contributed by atoms with Gasteiger partial charge in [-0.15, -0.1) is 0 Å². The molecule has 0 aliphatic carbocycles. The Balaban J connectivity index is 1.09. The minimum absolute atomic E-state index is 0.553. The highest BCUT2D eigenvalue weighted by Gasteiger charge is 2.21. The standard InChI is InChI=1S/C53H42N4O/c1-36(2)31-38-29-30-54-51(32-38)57-48-25-11-10-22-46(48)47-28-27-43(34-50(47)57)58-42-21-13-20-41(33-42)55-35-56(52-37(3)15-12-26-49(52)55)53-44(39-16-6-4-7-17-39)23-14-24-45(53)40-18-8-5-9-19-40/h4-30,32-34,36H,31H2,1-3H3. The van der Waals surface area contributed by atoms with Gasteiger partial charge in [0, 0.05) is 23.0 Å². The number of hydrogen-bond acceptors (Lipinski definition) is 2. The molecule has 280 valence electrons. The van der Waals surface area contributed by atoms with Crippen LogP contribution in [0.4, 0.5) is 0 Å². The van der Waals surface area contributed by atoms with Crippen LogP contribution in [0.1, 0.15) is 25.0 Å². The molecule has 3 aromatic heterocycles. The maximum atomic E-state index is 6.73. The minimum Gasteiger partial charge on any atom is -0.458 e. The zero-order chi connectivity index (χ0) is 39.2. The van der Waals surface area contributed by atoms with Crippen molar-refractivity contribution >= 4 is 32.8 Å². The second-order valence-electron chi connectivity index (χ2n) is 15.4. The Bertz CT molecular complexity index is 3050. The minimum atomic E-state index is 0.553. The number of aryl methyl sites for hydroxylation is 1. The maximum absolute atomic E-state index is 6.73. The largest absolute Gasteiger partial charge is 0.458 e. The fraction of sp³-hybridized carbons (Fsp3) is 0.0943. The summed E-state index contributed by atoms with van der Waals surface area (Å²) in [5, 5.41) is 2.34. The molecule has 3 heterocycles. The molecule has 10 rings (SSSR count). The van der Waals surface area contributed by atoms with E-state index in [9.17, 15) is 0 Å². The lowest BCUT2D eigenvalue weighted by molar-refractivity contribution is -0.571. The number of imidazole rings is 1. The van der Waals surface area contributed by atoms with Gasteiger partial charge in [0.15, 0.2) is 0 Å². The number of fused-ring (bicyclic) bond motifs is 4. The van der Waals surface area contributed by atoms with E-state index in [-0.39, 0.29) is 0 Å². The second kappa shape index (κ2) is 14.7. The highest BCUT2D eigenvalue weighted by atomic mass is 16.5. The summed E-state index contributed by atoms with van der Waals surface area (Å²) in [5.41, 5.74) is 13.4. The number of ether oxygens (including phenoxy) is 1. The summed E-state index contributed by atoms with van der Waals surface area (Å²) in [4.78, 5) is 4.86. The zero-order valence-corrected chi connectivity index (χ0v) is 32.8.